The molecule has 25 heavy (non-hydrogen) atoms. The van der Waals surface area contributed by atoms with Crippen LogP contribution in [0.4, 0.5) is 5.69 Å². The van der Waals surface area contributed by atoms with E-state index in [1.54, 1.807) is 0 Å². The molecule has 0 saturated heterocycles. The number of carbonyl (C=O) groups excluding carboxylic acids is 1. The molecule has 3 rings (SSSR count). The Hall–Kier alpha value is -2.00. The number of aryl methyl sites for hydroxylation is 1. The summed E-state index contributed by atoms with van der Waals surface area (Å²) in [5, 5.41) is 3.63. The minimum absolute atomic E-state index is 0.0135. The van der Waals surface area contributed by atoms with Gasteiger partial charge in [0.15, 0.2) is 0 Å². The van der Waals surface area contributed by atoms with Gasteiger partial charge in [-0.05, 0) is 54.5 Å². The summed E-state index contributed by atoms with van der Waals surface area (Å²) in [4.78, 5) is 11.9. The number of ether oxygens (including phenoxy) is 1. The molecular formula is C21H24ClNO2. The van der Waals surface area contributed by atoms with Crippen molar-refractivity contribution in [2.45, 2.75) is 52.1 Å². The van der Waals surface area contributed by atoms with Crippen molar-refractivity contribution in [3.05, 3.63) is 58.1 Å². The number of rotatable bonds is 7. The monoisotopic (exact) mass is 357 g/mol. The standard InChI is InChI=1S/C21H24ClNO2/c1-3-14-8-11-20(18(22)12-14)25-13-17-16(15-9-10-15)6-5-7-19(17)23-21(24)4-2/h5-8,11-12,15H,3-4,9-10,13H2,1-2H3,(H,23,24). The maximum absolute atomic E-state index is 11.9. The lowest BCUT2D eigenvalue weighted by Crippen LogP contribution is -2.13. The Labute approximate surface area is 154 Å². The summed E-state index contributed by atoms with van der Waals surface area (Å²) in [5.74, 6) is 1.27. The minimum Gasteiger partial charge on any atom is -0.487 e. The normalized spacial score (nSPS) is 13.6. The lowest BCUT2D eigenvalue weighted by atomic mass is 10.0. The van der Waals surface area contributed by atoms with Crippen LogP contribution in [0.3, 0.4) is 0 Å². The van der Waals surface area contributed by atoms with Gasteiger partial charge in [-0.3, -0.25) is 4.79 Å². The molecule has 1 N–H and O–H groups in total. The Bertz CT molecular complexity index is 768. The minimum atomic E-state index is 0.0135. The number of carbonyl (C=O) groups is 1. The molecular weight excluding hydrogens is 334 g/mol. The molecule has 0 bridgehead atoms. The van der Waals surface area contributed by atoms with Crippen LogP contribution in [-0.2, 0) is 17.8 Å². The molecule has 0 heterocycles. The molecule has 0 aliphatic heterocycles. The number of benzene rings is 2. The van der Waals surface area contributed by atoms with Crippen molar-refractivity contribution in [1.82, 2.24) is 0 Å². The highest BCUT2D eigenvalue weighted by atomic mass is 35.5. The predicted molar refractivity (Wildman–Crippen MR) is 102 cm³/mol. The van der Waals surface area contributed by atoms with Crippen LogP contribution in [0.5, 0.6) is 5.75 Å². The largest absolute Gasteiger partial charge is 0.487 e. The van der Waals surface area contributed by atoms with Crippen LogP contribution in [0.25, 0.3) is 0 Å². The fourth-order valence-electron chi connectivity index (χ4n) is 2.93. The van der Waals surface area contributed by atoms with Gasteiger partial charge >= 0.3 is 0 Å². The van der Waals surface area contributed by atoms with Crippen LogP contribution < -0.4 is 10.1 Å². The van der Waals surface area contributed by atoms with E-state index in [1.165, 1.54) is 24.0 Å². The Morgan fingerprint density at radius 3 is 2.68 bits per heavy atom. The number of anilines is 1. The molecule has 0 aromatic heterocycles. The number of halogens is 1. The van der Waals surface area contributed by atoms with E-state index in [2.05, 4.69) is 18.3 Å². The van der Waals surface area contributed by atoms with Crippen LogP contribution in [0.15, 0.2) is 36.4 Å². The highest BCUT2D eigenvalue weighted by molar-refractivity contribution is 6.32. The SMILES string of the molecule is CCC(=O)Nc1cccc(C2CC2)c1COc1ccc(CC)cc1Cl. The molecule has 0 spiro atoms. The highest BCUT2D eigenvalue weighted by Crippen LogP contribution is 2.43. The third-order valence-electron chi connectivity index (χ3n) is 4.60. The molecule has 1 saturated carbocycles. The van der Waals surface area contributed by atoms with Crippen molar-refractivity contribution in [2.24, 2.45) is 0 Å². The van der Waals surface area contributed by atoms with Gasteiger partial charge in [-0.1, -0.05) is 43.6 Å². The van der Waals surface area contributed by atoms with E-state index in [0.29, 0.717) is 29.7 Å². The van der Waals surface area contributed by atoms with E-state index < -0.39 is 0 Å². The van der Waals surface area contributed by atoms with Crippen molar-refractivity contribution < 1.29 is 9.53 Å². The van der Waals surface area contributed by atoms with Gasteiger partial charge in [0, 0.05) is 17.7 Å². The molecule has 2 aromatic carbocycles. The topological polar surface area (TPSA) is 38.3 Å². The quantitative estimate of drug-likeness (QED) is 0.689. The molecule has 3 nitrogen and oxygen atoms in total. The van der Waals surface area contributed by atoms with E-state index in [1.807, 2.05) is 37.3 Å². The number of amides is 1. The van der Waals surface area contributed by atoms with Crippen LogP contribution in [0.1, 0.15) is 55.7 Å². The summed E-state index contributed by atoms with van der Waals surface area (Å²) in [6.45, 7) is 4.35. The van der Waals surface area contributed by atoms with Gasteiger partial charge in [0.25, 0.3) is 0 Å². The van der Waals surface area contributed by atoms with Crippen molar-refractivity contribution in [3.8, 4) is 5.75 Å². The van der Waals surface area contributed by atoms with Gasteiger partial charge in [0.2, 0.25) is 5.91 Å². The van der Waals surface area contributed by atoms with Crippen molar-refractivity contribution in [1.29, 1.82) is 0 Å². The highest BCUT2D eigenvalue weighted by Gasteiger charge is 2.27. The zero-order valence-electron chi connectivity index (χ0n) is 14.8. The summed E-state index contributed by atoms with van der Waals surface area (Å²) in [6.07, 6.45) is 3.80. The van der Waals surface area contributed by atoms with Crippen molar-refractivity contribution in [3.63, 3.8) is 0 Å². The van der Waals surface area contributed by atoms with Crippen LogP contribution >= 0.6 is 11.6 Å². The second kappa shape index (κ2) is 7.92. The average molecular weight is 358 g/mol. The fourth-order valence-corrected chi connectivity index (χ4v) is 3.19. The zero-order chi connectivity index (χ0) is 17.8. The van der Waals surface area contributed by atoms with E-state index in [9.17, 15) is 4.79 Å². The molecule has 2 aromatic rings. The summed E-state index contributed by atoms with van der Waals surface area (Å²) in [5.41, 5.74) is 4.36. The van der Waals surface area contributed by atoms with Crippen molar-refractivity contribution >= 4 is 23.2 Å². The first-order valence-electron chi connectivity index (χ1n) is 8.95. The first kappa shape index (κ1) is 17.8. The smallest absolute Gasteiger partial charge is 0.224 e. The Balaban J connectivity index is 1.84. The van der Waals surface area contributed by atoms with Crippen LogP contribution in [0, 0.1) is 0 Å². The Morgan fingerprint density at radius 1 is 1.24 bits per heavy atom. The second-order valence-corrected chi connectivity index (χ2v) is 6.86. The summed E-state index contributed by atoms with van der Waals surface area (Å²) in [6, 6.07) is 12.0. The zero-order valence-corrected chi connectivity index (χ0v) is 15.5. The van der Waals surface area contributed by atoms with Gasteiger partial charge in [-0.25, -0.2) is 0 Å². The molecule has 1 fully saturated rings. The molecule has 0 unspecified atom stereocenters. The number of hydrogen-bond acceptors (Lipinski definition) is 2. The third-order valence-corrected chi connectivity index (χ3v) is 4.90. The lowest BCUT2D eigenvalue weighted by molar-refractivity contribution is -0.115. The van der Waals surface area contributed by atoms with E-state index >= 15 is 0 Å². The van der Waals surface area contributed by atoms with Gasteiger partial charge in [0.1, 0.15) is 12.4 Å². The van der Waals surface area contributed by atoms with E-state index in [4.69, 9.17) is 16.3 Å². The van der Waals surface area contributed by atoms with Gasteiger partial charge in [-0.2, -0.15) is 0 Å². The second-order valence-electron chi connectivity index (χ2n) is 6.46. The summed E-state index contributed by atoms with van der Waals surface area (Å²) in [7, 11) is 0. The van der Waals surface area contributed by atoms with Crippen LogP contribution in [0.2, 0.25) is 5.02 Å². The maximum atomic E-state index is 11.9. The van der Waals surface area contributed by atoms with Crippen LogP contribution in [-0.4, -0.2) is 5.91 Å². The molecule has 4 heteroatoms. The summed E-state index contributed by atoms with van der Waals surface area (Å²) < 4.78 is 6.01. The van der Waals surface area contributed by atoms with E-state index in [-0.39, 0.29) is 5.91 Å². The van der Waals surface area contributed by atoms with Gasteiger partial charge in [0.05, 0.1) is 5.02 Å². The Morgan fingerprint density at radius 2 is 2.04 bits per heavy atom. The molecule has 0 atom stereocenters. The molecule has 1 aliphatic carbocycles. The molecule has 1 amide bonds. The Kier molecular flexibility index (Phi) is 5.64. The molecule has 0 radical (unpaired) electrons. The molecule has 1 aliphatic rings. The van der Waals surface area contributed by atoms with E-state index in [0.717, 1.165) is 17.7 Å². The first-order valence-corrected chi connectivity index (χ1v) is 9.33. The lowest BCUT2D eigenvalue weighted by Gasteiger charge is -2.17. The average Bonchev–Trinajstić information content (AvgIpc) is 3.46. The maximum Gasteiger partial charge on any atom is 0.224 e. The number of nitrogens with one attached hydrogen (secondary N) is 1. The molecule has 132 valence electrons. The van der Waals surface area contributed by atoms with Gasteiger partial charge < -0.3 is 10.1 Å². The summed E-state index contributed by atoms with van der Waals surface area (Å²) >= 11 is 6.34. The predicted octanol–water partition coefficient (Wildman–Crippen LogP) is 5.71. The fraction of sp³-hybridized carbons (Fsp3) is 0.381. The first-order chi connectivity index (χ1) is 12.1. The number of hydrogen-bond donors (Lipinski definition) is 1. The van der Waals surface area contributed by atoms with Gasteiger partial charge in [-0.15, -0.1) is 0 Å². The third kappa shape index (κ3) is 4.35. The van der Waals surface area contributed by atoms with Crippen molar-refractivity contribution in [2.75, 3.05) is 5.32 Å².